The molecule has 1 aromatic rings. The van der Waals surface area contributed by atoms with E-state index in [1.54, 1.807) is 6.07 Å². The van der Waals surface area contributed by atoms with Gasteiger partial charge in [0.05, 0.1) is 0 Å². The summed E-state index contributed by atoms with van der Waals surface area (Å²) in [5.41, 5.74) is 3.85. The van der Waals surface area contributed by atoms with Gasteiger partial charge in [-0.05, 0) is 32.0 Å². The maximum Gasteiger partial charge on any atom is 0.265 e. The number of hydrazine groups is 1. The van der Waals surface area contributed by atoms with Crippen molar-refractivity contribution in [3.05, 3.63) is 35.4 Å². The van der Waals surface area contributed by atoms with E-state index in [0.717, 1.165) is 24.9 Å². The number of hydrogen-bond acceptors (Lipinski definition) is 3. The van der Waals surface area contributed by atoms with Gasteiger partial charge in [0.2, 0.25) is 0 Å². The van der Waals surface area contributed by atoms with E-state index in [-0.39, 0.29) is 5.91 Å². The maximum absolute atomic E-state index is 11.7. The highest BCUT2D eigenvalue weighted by atomic mass is 16.2. The van der Waals surface area contributed by atoms with Crippen molar-refractivity contribution in [2.24, 2.45) is 5.84 Å². The molecule has 100 valence electrons. The lowest BCUT2D eigenvalue weighted by atomic mass is 10.1. The number of hydrogen-bond donors (Lipinski definition) is 2. The first-order valence-corrected chi connectivity index (χ1v) is 6.39. The Bertz CT molecular complexity index is 392. The van der Waals surface area contributed by atoms with Crippen LogP contribution >= 0.6 is 0 Å². The summed E-state index contributed by atoms with van der Waals surface area (Å²) in [6, 6.07) is 8.07. The summed E-state index contributed by atoms with van der Waals surface area (Å²) in [6.45, 7) is 5.14. The number of rotatable bonds is 6. The molecule has 0 aliphatic rings. The van der Waals surface area contributed by atoms with E-state index < -0.39 is 0 Å². The molecular formula is C14H23N3O. The normalized spacial score (nSPS) is 12.5. The Hall–Kier alpha value is -1.39. The predicted octanol–water partition coefficient (Wildman–Crippen LogP) is 1.91. The number of benzene rings is 1. The molecule has 0 bridgehead atoms. The number of nitrogen functional groups attached to an aromatic ring is 1. The second-order valence-corrected chi connectivity index (χ2v) is 4.68. The number of amides is 1. The number of carbonyl (C=O) groups is 1. The largest absolute Gasteiger partial charge is 0.299 e. The Morgan fingerprint density at radius 3 is 2.72 bits per heavy atom. The molecule has 0 aliphatic carbocycles. The summed E-state index contributed by atoms with van der Waals surface area (Å²) >= 11 is 0. The van der Waals surface area contributed by atoms with Crippen LogP contribution < -0.4 is 11.3 Å². The van der Waals surface area contributed by atoms with E-state index in [0.29, 0.717) is 11.6 Å². The summed E-state index contributed by atoms with van der Waals surface area (Å²) < 4.78 is 0. The Morgan fingerprint density at radius 1 is 1.44 bits per heavy atom. The lowest BCUT2D eigenvalue weighted by Gasteiger charge is -2.25. The molecule has 1 aromatic carbocycles. The molecule has 1 atom stereocenters. The van der Waals surface area contributed by atoms with Crippen LogP contribution in [-0.2, 0) is 6.54 Å². The van der Waals surface area contributed by atoms with Crippen LogP contribution in [0.1, 0.15) is 42.6 Å². The minimum Gasteiger partial charge on any atom is -0.299 e. The monoisotopic (exact) mass is 249 g/mol. The van der Waals surface area contributed by atoms with Gasteiger partial charge in [-0.15, -0.1) is 0 Å². The Labute approximate surface area is 109 Å². The van der Waals surface area contributed by atoms with E-state index in [4.69, 9.17) is 5.84 Å². The molecule has 0 heterocycles. The average Bonchev–Trinajstić information content (AvgIpc) is 2.38. The fourth-order valence-electron chi connectivity index (χ4n) is 2.02. The average molecular weight is 249 g/mol. The third-order valence-corrected chi connectivity index (χ3v) is 3.27. The molecule has 0 spiro atoms. The zero-order chi connectivity index (χ0) is 13.5. The summed E-state index contributed by atoms with van der Waals surface area (Å²) in [7, 11) is 2.08. The van der Waals surface area contributed by atoms with Crippen LogP contribution in [0.2, 0.25) is 0 Å². The van der Waals surface area contributed by atoms with Crippen molar-refractivity contribution in [1.82, 2.24) is 10.3 Å². The van der Waals surface area contributed by atoms with Crippen molar-refractivity contribution < 1.29 is 4.79 Å². The smallest absolute Gasteiger partial charge is 0.265 e. The van der Waals surface area contributed by atoms with Crippen LogP contribution in [0.15, 0.2) is 24.3 Å². The van der Waals surface area contributed by atoms with Gasteiger partial charge in [-0.25, -0.2) is 5.84 Å². The number of carbonyl (C=O) groups excluding carboxylic acids is 1. The van der Waals surface area contributed by atoms with Gasteiger partial charge in [-0.1, -0.05) is 31.5 Å². The third kappa shape index (κ3) is 3.82. The Balaban J connectivity index is 2.80. The van der Waals surface area contributed by atoms with Gasteiger partial charge in [0.1, 0.15) is 0 Å². The number of nitrogens with one attached hydrogen (secondary N) is 1. The van der Waals surface area contributed by atoms with Gasteiger partial charge < -0.3 is 0 Å². The van der Waals surface area contributed by atoms with Crippen LogP contribution in [-0.4, -0.2) is 23.9 Å². The van der Waals surface area contributed by atoms with E-state index in [1.807, 2.05) is 18.2 Å². The fourth-order valence-corrected chi connectivity index (χ4v) is 2.02. The van der Waals surface area contributed by atoms with Crippen molar-refractivity contribution >= 4 is 5.91 Å². The zero-order valence-electron chi connectivity index (χ0n) is 11.4. The molecule has 1 amide bonds. The van der Waals surface area contributed by atoms with Gasteiger partial charge in [0.25, 0.3) is 5.91 Å². The molecule has 0 aromatic heterocycles. The molecule has 18 heavy (non-hydrogen) atoms. The predicted molar refractivity (Wildman–Crippen MR) is 73.9 cm³/mol. The molecule has 1 unspecified atom stereocenters. The number of nitrogens with zero attached hydrogens (tertiary/aromatic N) is 1. The van der Waals surface area contributed by atoms with Gasteiger partial charge in [-0.3, -0.25) is 15.1 Å². The van der Waals surface area contributed by atoms with Crippen LogP contribution in [0.4, 0.5) is 0 Å². The zero-order valence-corrected chi connectivity index (χ0v) is 11.4. The first kappa shape index (κ1) is 14.7. The quantitative estimate of drug-likeness (QED) is 0.460. The van der Waals surface area contributed by atoms with E-state index >= 15 is 0 Å². The summed E-state index contributed by atoms with van der Waals surface area (Å²) in [4.78, 5) is 13.9. The van der Waals surface area contributed by atoms with E-state index in [2.05, 4.69) is 31.2 Å². The highest BCUT2D eigenvalue weighted by molar-refractivity contribution is 5.95. The Kier molecular flexibility index (Phi) is 5.82. The van der Waals surface area contributed by atoms with Crippen LogP contribution in [0.5, 0.6) is 0 Å². The van der Waals surface area contributed by atoms with E-state index in [9.17, 15) is 4.79 Å². The highest BCUT2D eigenvalue weighted by Gasteiger charge is 2.13. The molecule has 3 N–H and O–H groups in total. The Morgan fingerprint density at radius 2 is 2.11 bits per heavy atom. The van der Waals surface area contributed by atoms with Crippen molar-refractivity contribution in [2.75, 3.05) is 7.05 Å². The molecule has 4 heteroatoms. The maximum atomic E-state index is 11.7. The van der Waals surface area contributed by atoms with Crippen LogP contribution in [0.25, 0.3) is 0 Å². The lowest BCUT2D eigenvalue weighted by molar-refractivity contribution is 0.0951. The van der Waals surface area contributed by atoms with Crippen molar-refractivity contribution in [3.63, 3.8) is 0 Å². The molecule has 0 radical (unpaired) electrons. The van der Waals surface area contributed by atoms with Crippen LogP contribution in [0, 0.1) is 0 Å². The first-order chi connectivity index (χ1) is 8.60. The molecule has 0 saturated carbocycles. The van der Waals surface area contributed by atoms with Gasteiger partial charge in [0, 0.05) is 18.2 Å². The van der Waals surface area contributed by atoms with Crippen molar-refractivity contribution in [2.45, 2.75) is 39.3 Å². The van der Waals surface area contributed by atoms with Gasteiger partial charge in [0.15, 0.2) is 0 Å². The topological polar surface area (TPSA) is 58.4 Å². The molecule has 0 fully saturated rings. The second-order valence-electron chi connectivity index (χ2n) is 4.68. The van der Waals surface area contributed by atoms with Crippen molar-refractivity contribution in [1.29, 1.82) is 0 Å². The van der Waals surface area contributed by atoms with Gasteiger partial charge >= 0.3 is 0 Å². The van der Waals surface area contributed by atoms with Crippen molar-refractivity contribution in [3.8, 4) is 0 Å². The standard InChI is InChI=1S/C14H23N3O/c1-4-7-11(2)17(3)10-12-8-5-6-9-13(12)14(18)16-15/h5-6,8-9,11H,4,7,10,15H2,1-3H3,(H,16,18). The molecule has 0 saturated heterocycles. The number of nitrogens with two attached hydrogens (primary N) is 1. The third-order valence-electron chi connectivity index (χ3n) is 3.27. The summed E-state index contributed by atoms with van der Waals surface area (Å²) in [5, 5.41) is 0. The lowest BCUT2D eigenvalue weighted by Crippen LogP contribution is -2.33. The van der Waals surface area contributed by atoms with Gasteiger partial charge in [-0.2, -0.15) is 0 Å². The molecule has 1 rings (SSSR count). The van der Waals surface area contributed by atoms with Crippen LogP contribution in [0.3, 0.4) is 0 Å². The fraction of sp³-hybridized carbons (Fsp3) is 0.500. The summed E-state index contributed by atoms with van der Waals surface area (Å²) in [6.07, 6.45) is 2.32. The van der Waals surface area contributed by atoms with E-state index in [1.165, 1.54) is 0 Å². The molecule has 0 aliphatic heterocycles. The molecule has 4 nitrogen and oxygen atoms in total. The minimum atomic E-state index is -0.234. The minimum absolute atomic E-state index is 0.234. The SMILES string of the molecule is CCCC(C)N(C)Cc1ccccc1C(=O)NN. The second kappa shape index (κ2) is 7.13. The summed E-state index contributed by atoms with van der Waals surface area (Å²) in [5.74, 6) is 4.96. The molecular weight excluding hydrogens is 226 g/mol. The first-order valence-electron chi connectivity index (χ1n) is 6.39. The highest BCUT2D eigenvalue weighted by Crippen LogP contribution is 2.14.